The molecular weight excluding hydrogens is 300 g/mol. The van der Waals surface area contributed by atoms with Gasteiger partial charge >= 0.3 is 0 Å². The fourth-order valence-corrected chi connectivity index (χ4v) is 3.78. The lowest BCUT2D eigenvalue weighted by atomic mass is 9.90. The summed E-state index contributed by atoms with van der Waals surface area (Å²) in [6.07, 6.45) is 5.12. The molecule has 0 atom stereocenters. The van der Waals surface area contributed by atoms with E-state index in [4.69, 9.17) is 9.47 Å². The molecule has 122 valence electrons. The number of ether oxygens (including phenoxy) is 2. The first-order valence-corrected chi connectivity index (χ1v) is 8.98. The monoisotopic (exact) mass is 324 g/mol. The normalized spacial score (nSPS) is 21.3. The number of hydrogen-bond acceptors (Lipinski definition) is 5. The summed E-state index contributed by atoms with van der Waals surface area (Å²) in [5, 5.41) is 8.45. The van der Waals surface area contributed by atoms with Gasteiger partial charge in [-0.1, -0.05) is 6.07 Å². The SMILES string of the molecule is O=C(NCCCNC1CCC2(CC1)OCCO2)c1cccs1. The van der Waals surface area contributed by atoms with E-state index < -0.39 is 0 Å². The Labute approximate surface area is 135 Å². The first-order chi connectivity index (χ1) is 10.8. The van der Waals surface area contributed by atoms with Crippen LogP contribution in [-0.2, 0) is 9.47 Å². The molecule has 6 heteroatoms. The molecule has 2 N–H and O–H groups in total. The van der Waals surface area contributed by atoms with Crippen LogP contribution in [0.3, 0.4) is 0 Å². The average molecular weight is 324 g/mol. The Morgan fingerprint density at radius 3 is 2.73 bits per heavy atom. The minimum atomic E-state index is -0.271. The van der Waals surface area contributed by atoms with Gasteiger partial charge in [-0.3, -0.25) is 4.79 Å². The Kier molecular flexibility index (Phi) is 5.46. The van der Waals surface area contributed by atoms with E-state index in [-0.39, 0.29) is 11.7 Å². The van der Waals surface area contributed by atoms with Gasteiger partial charge in [-0.25, -0.2) is 0 Å². The number of hydrogen-bond donors (Lipinski definition) is 2. The van der Waals surface area contributed by atoms with Crippen molar-refractivity contribution >= 4 is 17.2 Å². The summed E-state index contributed by atoms with van der Waals surface area (Å²) >= 11 is 1.48. The topological polar surface area (TPSA) is 59.6 Å². The fraction of sp³-hybridized carbons (Fsp3) is 0.688. The van der Waals surface area contributed by atoms with Crippen molar-refractivity contribution in [2.45, 2.75) is 43.9 Å². The minimum Gasteiger partial charge on any atom is -0.351 e. The zero-order chi connectivity index (χ0) is 15.3. The third-order valence-electron chi connectivity index (χ3n) is 4.38. The number of carbonyl (C=O) groups is 1. The highest BCUT2D eigenvalue weighted by molar-refractivity contribution is 7.12. The summed E-state index contributed by atoms with van der Waals surface area (Å²) in [6, 6.07) is 4.30. The number of amides is 1. The van der Waals surface area contributed by atoms with E-state index in [1.807, 2.05) is 17.5 Å². The van der Waals surface area contributed by atoms with Crippen molar-refractivity contribution in [3.8, 4) is 0 Å². The van der Waals surface area contributed by atoms with Gasteiger partial charge in [-0.15, -0.1) is 11.3 Å². The van der Waals surface area contributed by atoms with Gasteiger partial charge in [0.05, 0.1) is 18.1 Å². The highest BCUT2D eigenvalue weighted by Gasteiger charge is 2.39. The summed E-state index contributed by atoms with van der Waals surface area (Å²) in [7, 11) is 0. The molecule has 1 aliphatic heterocycles. The molecule has 1 saturated heterocycles. The van der Waals surface area contributed by atoms with Crippen molar-refractivity contribution in [1.29, 1.82) is 0 Å². The lowest BCUT2D eigenvalue weighted by Crippen LogP contribution is -2.42. The molecule has 1 aromatic rings. The quantitative estimate of drug-likeness (QED) is 0.787. The second-order valence-corrected chi connectivity index (χ2v) is 6.87. The number of nitrogens with one attached hydrogen (secondary N) is 2. The lowest BCUT2D eigenvalue weighted by molar-refractivity contribution is -0.179. The van der Waals surface area contributed by atoms with Gasteiger partial charge in [-0.05, 0) is 37.3 Å². The minimum absolute atomic E-state index is 0.0325. The average Bonchev–Trinajstić information content (AvgIpc) is 3.21. The van der Waals surface area contributed by atoms with Crippen LogP contribution in [0.1, 0.15) is 41.8 Å². The predicted molar refractivity (Wildman–Crippen MR) is 86.2 cm³/mol. The van der Waals surface area contributed by atoms with E-state index in [1.54, 1.807) is 0 Å². The molecule has 5 nitrogen and oxygen atoms in total. The van der Waals surface area contributed by atoms with Crippen molar-refractivity contribution in [3.63, 3.8) is 0 Å². The van der Waals surface area contributed by atoms with Gasteiger partial charge in [0.25, 0.3) is 5.91 Å². The zero-order valence-electron chi connectivity index (χ0n) is 12.8. The molecule has 1 spiro atoms. The molecule has 22 heavy (non-hydrogen) atoms. The smallest absolute Gasteiger partial charge is 0.261 e. The van der Waals surface area contributed by atoms with Gasteiger partial charge in [-0.2, -0.15) is 0 Å². The standard InChI is InChI=1S/C16H24N2O3S/c19-15(14-3-1-12-22-14)18-9-2-8-17-13-4-6-16(7-5-13)20-10-11-21-16/h1,3,12-13,17H,2,4-11H2,(H,18,19). The Morgan fingerprint density at radius 2 is 2.05 bits per heavy atom. The maximum Gasteiger partial charge on any atom is 0.261 e. The number of carbonyl (C=O) groups excluding carboxylic acids is 1. The van der Waals surface area contributed by atoms with Crippen LogP contribution in [0.5, 0.6) is 0 Å². The summed E-state index contributed by atoms with van der Waals surface area (Å²) in [6.45, 7) is 3.13. The molecule has 3 rings (SSSR count). The second-order valence-electron chi connectivity index (χ2n) is 5.92. The predicted octanol–water partition coefficient (Wildman–Crippen LogP) is 2.14. The maximum atomic E-state index is 11.8. The van der Waals surface area contributed by atoms with Crippen LogP contribution in [0.4, 0.5) is 0 Å². The summed E-state index contributed by atoms with van der Waals surface area (Å²) < 4.78 is 11.5. The van der Waals surface area contributed by atoms with Gasteiger partial charge in [0.2, 0.25) is 0 Å². The van der Waals surface area contributed by atoms with Gasteiger partial charge in [0.1, 0.15) is 0 Å². The van der Waals surface area contributed by atoms with Crippen molar-refractivity contribution in [1.82, 2.24) is 10.6 Å². The molecule has 1 amide bonds. The van der Waals surface area contributed by atoms with Gasteiger partial charge in [0.15, 0.2) is 5.79 Å². The van der Waals surface area contributed by atoms with Crippen LogP contribution < -0.4 is 10.6 Å². The fourth-order valence-electron chi connectivity index (χ4n) is 3.14. The van der Waals surface area contributed by atoms with E-state index >= 15 is 0 Å². The summed E-state index contributed by atoms with van der Waals surface area (Å²) in [4.78, 5) is 12.5. The number of rotatable bonds is 6. The molecule has 2 heterocycles. The van der Waals surface area contributed by atoms with E-state index in [1.165, 1.54) is 11.3 Å². The third kappa shape index (κ3) is 4.07. The van der Waals surface area contributed by atoms with Crippen LogP contribution >= 0.6 is 11.3 Å². The molecule has 0 radical (unpaired) electrons. The molecule has 0 unspecified atom stereocenters. The molecule has 1 aliphatic carbocycles. The lowest BCUT2D eigenvalue weighted by Gasteiger charge is -2.35. The molecule has 2 aliphatic rings. The third-order valence-corrected chi connectivity index (χ3v) is 5.25. The number of thiophene rings is 1. The van der Waals surface area contributed by atoms with Crippen molar-refractivity contribution in [3.05, 3.63) is 22.4 Å². The summed E-state index contributed by atoms with van der Waals surface area (Å²) in [5.74, 6) is -0.238. The zero-order valence-corrected chi connectivity index (χ0v) is 13.6. The first-order valence-electron chi connectivity index (χ1n) is 8.10. The highest BCUT2D eigenvalue weighted by atomic mass is 32.1. The Bertz CT molecular complexity index is 462. The molecule has 2 fully saturated rings. The van der Waals surface area contributed by atoms with Crippen molar-refractivity contribution in [2.24, 2.45) is 0 Å². The second kappa shape index (κ2) is 7.55. The van der Waals surface area contributed by atoms with Gasteiger partial charge in [0, 0.05) is 25.4 Å². The van der Waals surface area contributed by atoms with E-state index in [0.717, 1.165) is 56.7 Å². The summed E-state index contributed by atoms with van der Waals surface area (Å²) in [5.41, 5.74) is 0. The Morgan fingerprint density at radius 1 is 1.27 bits per heavy atom. The van der Waals surface area contributed by atoms with Crippen LogP contribution in [0.25, 0.3) is 0 Å². The van der Waals surface area contributed by atoms with Crippen molar-refractivity contribution in [2.75, 3.05) is 26.3 Å². The maximum absolute atomic E-state index is 11.8. The van der Waals surface area contributed by atoms with E-state index in [2.05, 4.69) is 10.6 Å². The Balaban J connectivity index is 1.26. The van der Waals surface area contributed by atoms with Crippen LogP contribution in [0.15, 0.2) is 17.5 Å². The molecule has 1 saturated carbocycles. The largest absolute Gasteiger partial charge is 0.351 e. The van der Waals surface area contributed by atoms with E-state index in [9.17, 15) is 4.79 Å². The van der Waals surface area contributed by atoms with Gasteiger partial charge < -0.3 is 20.1 Å². The van der Waals surface area contributed by atoms with Crippen LogP contribution in [-0.4, -0.2) is 44.0 Å². The molecule has 1 aromatic heterocycles. The Hall–Kier alpha value is -0.950. The highest BCUT2D eigenvalue weighted by Crippen LogP contribution is 2.35. The first kappa shape index (κ1) is 15.9. The molecule has 0 aromatic carbocycles. The van der Waals surface area contributed by atoms with Crippen molar-refractivity contribution < 1.29 is 14.3 Å². The molecule has 0 bridgehead atoms. The van der Waals surface area contributed by atoms with Crippen LogP contribution in [0, 0.1) is 0 Å². The van der Waals surface area contributed by atoms with Crippen LogP contribution in [0.2, 0.25) is 0 Å². The molecular formula is C16H24N2O3S. The van der Waals surface area contributed by atoms with E-state index in [0.29, 0.717) is 12.6 Å².